The molecule has 2 aliphatic heterocycles. The summed E-state index contributed by atoms with van der Waals surface area (Å²) in [5, 5.41) is 15.8. The summed E-state index contributed by atoms with van der Waals surface area (Å²) in [4.78, 5) is 29.1. The lowest BCUT2D eigenvalue weighted by Gasteiger charge is -2.53. The van der Waals surface area contributed by atoms with Gasteiger partial charge in [0.25, 0.3) is 5.91 Å². The van der Waals surface area contributed by atoms with E-state index < -0.39 is 0 Å². The Morgan fingerprint density at radius 3 is 2.83 bits per heavy atom. The average molecular weight is 501 g/mol. The van der Waals surface area contributed by atoms with Crippen molar-refractivity contribution >= 4 is 28.5 Å². The molecule has 182 valence electrons. The summed E-state index contributed by atoms with van der Waals surface area (Å²) < 4.78 is 1.94. The number of amides is 1. The number of hydrogen-bond donors (Lipinski definition) is 1. The molecule has 0 atom stereocenters. The topological polar surface area (TPSA) is 107 Å². The fourth-order valence-corrected chi connectivity index (χ4v) is 5.69. The monoisotopic (exact) mass is 500 g/mol. The number of aromatic nitrogens is 5. The lowest BCUT2D eigenvalue weighted by Crippen LogP contribution is -2.66. The predicted molar refractivity (Wildman–Crippen MR) is 135 cm³/mol. The summed E-state index contributed by atoms with van der Waals surface area (Å²) in [5.74, 6) is 0.0312. The van der Waals surface area contributed by atoms with Crippen molar-refractivity contribution in [2.75, 3.05) is 26.2 Å². The van der Waals surface area contributed by atoms with Crippen LogP contribution in [0, 0.1) is 11.3 Å². The van der Waals surface area contributed by atoms with Crippen molar-refractivity contribution in [2.45, 2.75) is 30.8 Å². The molecule has 9 nitrogen and oxygen atoms in total. The number of nitriles is 1. The van der Waals surface area contributed by atoms with Gasteiger partial charge in [0, 0.05) is 66.2 Å². The van der Waals surface area contributed by atoms with Gasteiger partial charge >= 0.3 is 0 Å². The molecule has 0 radical (unpaired) electrons. The van der Waals surface area contributed by atoms with Crippen molar-refractivity contribution in [1.29, 1.82) is 5.26 Å². The van der Waals surface area contributed by atoms with Gasteiger partial charge in [-0.1, -0.05) is 17.7 Å². The van der Waals surface area contributed by atoms with Gasteiger partial charge < -0.3 is 9.88 Å². The molecule has 0 bridgehead atoms. The summed E-state index contributed by atoms with van der Waals surface area (Å²) in [7, 11) is 0. The van der Waals surface area contributed by atoms with Gasteiger partial charge in [-0.15, -0.1) is 0 Å². The number of hydrogen-bond acceptors (Lipinski definition) is 6. The number of nitrogens with one attached hydrogen (secondary N) is 1. The van der Waals surface area contributed by atoms with Crippen LogP contribution in [0.15, 0.2) is 55.2 Å². The largest absolute Gasteiger partial charge is 0.346 e. The highest BCUT2D eigenvalue weighted by Crippen LogP contribution is 2.37. The predicted octanol–water partition coefficient (Wildman–Crippen LogP) is 3.70. The minimum Gasteiger partial charge on any atom is -0.346 e. The fourth-order valence-electron chi connectivity index (χ4n) is 5.50. The Balaban J connectivity index is 1.13. The molecule has 1 N–H and O–H groups in total. The zero-order chi connectivity index (χ0) is 24.7. The first-order valence-electron chi connectivity index (χ1n) is 12.1. The summed E-state index contributed by atoms with van der Waals surface area (Å²) in [6, 6.07) is 11.8. The minimum absolute atomic E-state index is 0.0312. The molecule has 5 heterocycles. The van der Waals surface area contributed by atoms with Crippen LogP contribution in [0.25, 0.3) is 22.3 Å². The summed E-state index contributed by atoms with van der Waals surface area (Å²) in [6.45, 7) is 2.95. The van der Waals surface area contributed by atoms with Gasteiger partial charge in [0.1, 0.15) is 17.5 Å². The van der Waals surface area contributed by atoms with Crippen molar-refractivity contribution in [3.05, 3.63) is 65.8 Å². The maximum atomic E-state index is 12.9. The number of carbonyl (C=O) groups excluding carboxylic acids is 1. The van der Waals surface area contributed by atoms with E-state index in [4.69, 9.17) is 11.6 Å². The number of H-pyrrole nitrogens is 1. The number of carbonyl (C=O) groups is 1. The van der Waals surface area contributed by atoms with E-state index in [9.17, 15) is 10.1 Å². The van der Waals surface area contributed by atoms with E-state index in [0.717, 1.165) is 48.2 Å². The van der Waals surface area contributed by atoms with E-state index in [0.29, 0.717) is 36.1 Å². The number of halogens is 1. The van der Waals surface area contributed by atoms with Crippen molar-refractivity contribution in [3.8, 4) is 17.3 Å². The summed E-state index contributed by atoms with van der Waals surface area (Å²) in [6.07, 6.45) is 9.41. The highest BCUT2D eigenvalue weighted by molar-refractivity contribution is 6.30. The molecule has 0 unspecified atom stereocenters. The molecule has 3 aromatic heterocycles. The molecule has 0 spiro atoms. The molecule has 2 fully saturated rings. The molecule has 4 aromatic rings. The van der Waals surface area contributed by atoms with E-state index in [1.165, 1.54) is 0 Å². The molecular formula is C26H25ClN8O. The van der Waals surface area contributed by atoms with Gasteiger partial charge in [0.05, 0.1) is 24.4 Å². The van der Waals surface area contributed by atoms with E-state index in [2.05, 4.69) is 31.0 Å². The summed E-state index contributed by atoms with van der Waals surface area (Å²) in [5.41, 5.74) is 2.80. The Morgan fingerprint density at radius 1 is 1.22 bits per heavy atom. The Kier molecular flexibility index (Phi) is 5.70. The van der Waals surface area contributed by atoms with E-state index in [1.54, 1.807) is 18.5 Å². The zero-order valence-electron chi connectivity index (χ0n) is 19.6. The van der Waals surface area contributed by atoms with Crippen LogP contribution in [0.3, 0.4) is 0 Å². The Hall–Kier alpha value is -3.74. The molecule has 1 aromatic carbocycles. The number of benzene rings is 1. The van der Waals surface area contributed by atoms with Crippen molar-refractivity contribution in [2.24, 2.45) is 0 Å². The lowest BCUT2D eigenvalue weighted by molar-refractivity contribution is -0.0412. The fraction of sp³-hybridized carbons (Fsp3) is 0.346. The van der Waals surface area contributed by atoms with Crippen LogP contribution in [0.2, 0.25) is 5.02 Å². The van der Waals surface area contributed by atoms with Crippen molar-refractivity contribution in [3.63, 3.8) is 0 Å². The molecule has 0 saturated carbocycles. The number of rotatable bonds is 5. The minimum atomic E-state index is -0.356. The van der Waals surface area contributed by atoms with Gasteiger partial charge in [-0.3, -0.25) is 14.4 Å². The number of nitrogens with zero attached hydrogens (tertiary/aromatic N) is 7. The van der Waals surface area contributed by atoms with Gasteiger partial charge in [0.15, 0.2) is 0 Å². The standard InChI is InChI=1S/C26H25ClN8O/c27-20-3-1-2-18(12-20)25(36)33-10-5-21(6-11-33)34-15-26(16-34,7-8-28)35-14-19(13-32-35)23-22-4-9-29-24(22)31-17-30-23/h1-4,9,12-14,17,21H,5-7,10-11,15-16H2,(H,29,30,31). The molecule has 2 saturated heterocycles. The smallest absolute Gasteiger partial charge is 0.253 e. The van der Waals surface area contributed by atoms with Gasteiger partial charge in [0.2, 0.25) is 0 Å². The SMILES string of the molecule is N#CCC1(n2cc(-c3ncnc4[nH]ccc34)cn2)CN(C2CCN(C(=O)c3cccc(Cl)c3)CC2)C1. The van der Waals surface area contributed by atoms with Crippen LogP contribution in [0.4, 0.5) is 0 Å². The van der Waals surface area contributed by atoms with Crippen LogP contribution in [0.5, 0.6) is 0 Å². The third-order valence-electron chi connectivity index (χ3n) is 7.44. The first-order chi connectivity index (χ1) is 17.6. The Morgan fingerprint density at radius 2 is 2.06 bits per heavy atom. The first kappa shape index (κ1) is 22.7. The van der Waals surface area contributed by atoms with Crippen molar-refractivity contribution in [1.82, 2.24) is 34.5 Å². The second-order valence-corrected chi connectivity index (χ2v) is 10.1. The van der Waals surface area contributed by atoms with Crippen molar-refractivity contribution < 1.29 is 4.79 Å². The second-order valence-electron chi connectivity index (χ2n) is 9.63. The maximum Gasteiger partial charge on any atom is 0.253 e. The average Bonchev–Trinajstić information content (AvgIpc) is 3.56. The molecule has 10 heteroatoms. The van der Waals surface area contributed by atoms with Gasteiger partial charge in [-0.25, -0.2) is 9.97 Å². The lowest BCUT2D eigenvalue weighted by atomic mass is 9.83. The Labute approximate surface area is 213 Å². The van der Waals surface area contributed by atoms with Crippen LogP contribution >= 0.6 is 11.6 Å². The molecular weight excluding hydrogens is 476 g/mol. The Bertz CT molecular complexity index is 1460. The molecule has 36 heavy (non-hydrogen) atoms. The highest BCUT2D eigenvalue weighted by Gasteiger charge is 2.48. The third-order valence-corrected chi connectivity index (χ3v) is 7.67. The van der Waals surface area contributed by atoms with Gasteiger partial charge in [-0.2, -0.15) is 10.4 Å². The molecule has 2 aliphatic rings. The molecule has 0 aliphatic carbocycles. The number of likely N-dealkylation sites (tertiary alicyclic amines) is 2. The number of aromatic amines is 1. The first-order valence-corrected chi connectivity index (χ1v) is 12.4. The quantitative estimate of drug-likeness (QED) is 0.447. The molecule has 1 amide bonds. The van der Waals surface area contributed by atoms with E-state index in [-0.39, 0.29) is 11.4 Å². The van der Waals surface area contributed by atoms with E-state index >= 15 is 0 Å². The zero-order valence-corrected chi connectivity index (χ0v) is 20.4. The van der Waals surface area contributed by atoms with E-state index in [1.807, 2.05) is 46.4 Å². The van der Waals surface area contributed by atoms with Crippen LogP contribution in [-0.2, 0) is 5.54 Å². The van der Waals surface area contributed by atoms with Gasteiger partial charge in [-0.05, 0) is 37.1 Å². The highest BCUT2D eigenvalue weighted by atomic mass is 35.5. The normalized spacial score (nSPS) is 18.2. The number of piperidine rings is 1. The van der Waals surface area contributed by atoms with Crippen LogP contribution < -0.4 is 0 Å². The number of fused-ring (bicyclic) bond motifs is 1. The van der Waals surface area contributed by atoms with Crippen LogP contribution in [-0.4, -0.2) is 72.7 Å². The third kappa shape index (κ3) is 3.92. The van der Waals surface area contributed by atoms with Crippen LogP contribution in [0.1, 0.15) is 29.6 Å². The molecule has 6 rings (SSSR count). The second kappa shape index (κ2) is 9.04. The summed E-state index contributed by atoms with van der Waals surface area (Å²) >= 11 is 6.06. The maximum absolute atomic E-state index is 12.9.